The number of rotatable bonds is 10. The summed E-state index contributed by atoms with van der Waals surface area (Å²) < 4.78 is 26.7. The molecule has 0 spiro atoms. The Labute approximate surface area is 165 Å². The monoisotopic (exact) mass is 479 g/mol. The third-order valence-electron chi connectivity index (χ3n) is 3.16. The lowest BCUT2D eigenvalue weighted by molar-refractivity contribution is 0.127. The van der Waals surface area contributed by atoms with Crippen molar-refractivity contribution in [3.05, 3.63) is 32.5 Å². The van der Waals surface area contributed by atoms with Crippen LogP contribution >= 0.6 is 31.9 Å². The van der Waals surface area contributed by atoms with Gasteiger partial charge < -0.3 is 14.3 Å². The van der Waals surface area contributed by atoms with Crippen molar-refractivity contribution in [3.63, 3.8) is 0 Å². The average Bonchev–Trinajstić information content (AvgIpc) is 2.54. The van der Waals surface area contributed by atoms with E-state index in [-0.39, 0.29) is 18.2 Å². The highest BCUT2D eigenvalue weighted by Crippen LogP contribution is 2.33. The van der Waals surface area contributed by atoms with Gasteiger partial charge in [0.1, 0.15) is 19.0 Å². The van der Waals surface area contributed by atoms with E-state index < -0.39 is 0 Å². The molecule has 1 rings (SSSR count). The molecule has 1 aromatic rings. The van der Waals surface area contributed by atoms with E-state index >= 15 is 0 Å². The molecule has 0 heterocycles. The molecule has 0 atom stereocenters. The van der Waals surface area contributed by atoms with Gasteiger partial charge in [-0.15, -0.1) is 0 Å². The van der Waals surface area contributed by atoms with E-state index in [2.05, 4.69) is 37.0 Å². The van der Waals surface area contributed by atoms with Crippen LogP contribution in [0.4, 0.5) is 4.39 Å². The Balaban J connectivity index is 2.75. The number of hydrogen-bond acceptors (Lipinski definition) is 4. The molecule has 0 N–H and O–H groups in total. The zero-order valence-electron chi connectivity index (χ0n) is 15.0. The summed E-state index contributed by atoms with van der Waals surface area (Å²) >= 11 is 6.48. The molecule has 140 valence electrons. The molecule has 1 aromatic carbocycles. The molecule has 0 radical (unpaired) electrons. The maximum absolute atomic E-state index is 14.7. The Morgan fingerprint density at radius 2 is 1.96 bits per heavy atom. The first-order valence-corrected chi connectivity index (χ1v) is 9.67. The SMILES string of the molecule is CCc1c(F)c(OCC=C(Br)Br)cc(C)c1OCCCON=C(C)C. The van der Waals surface area contributed by atoms with E-state index in [1.165, 1.54) is 0 Å². The highest BCUT2D eigenvalue weighted by atomic mass is 79.9. The van der Waals surface area contributed by atoms with Gasteiger partial charge in [0.25, 0.3) is 0 Å². The normalized spacial score (nSPS) is 10.2. The van der Waals surface area contributed by atoms with E-state index in [1.807, 2.05) is 27.7 Å². The first-order valence-electron chi connectivity index (χ1n) is 8.08. The van der Waals surface area contributed by atoms with Crippen LogP contribution in [0.15, 0.2) is 20.7 Å². The number of ether oxygens (including phenoxy) is 2. The van der Waals surface area contributed by atoms with Gasteiger partial charge in [-0.2, -0.15) is 0 Å². The summed E-state index contributed by atoms with van der Waals surface area (Å²) in [4.78, 5) is 5.13. The smallest absolute Gasteiger partial charge is 0.171 e. The lowest BCUT2D eigenvalue weighted by atomic mass is 10.1. The van der Waals surface area contributed by atoms with Crippen LogP contribution in [-0.4, -0.2) is 25.5 Å². The molecule has 0 aliphatic rings. The molecular formula is C18H24Br2FNO3. The fraction of sp³-hybridized carbons (Fsp3) is 0.500. The van der Waals surface area contributed by atoms with E-state index in [4.69, 9.17) is 14.3 Å². The number of oxime groups is 1. The molecule has 0 saturated heterocycles. The number of benzene rings is 1. The van der Waals surface area contributed by atoms with Crippen molar-refractivity contribution in [2.45, 2.75) is 40.5 Å². The Morgan fingerprint density at radius 3 is 2.56 bits per heavy atom. The fourth-order valence-corrected chi connectivity index (χ4v) is 2.36. The molecule has 25 heavy (non-hydrogen) atoms. The minimum Gasteiger partial charge on any atom is -0.493 e. The standard InChI is InChI=1S/C18H24Br2FNO3/c1-5-14-17(21)15(23-10-7-16(19)20)11-13(4)18(14)24-8-6-9-25-22-12(2)3/h7,11H,5-6,8-10H2,1-4H3. The second kappa shape index (κ2) is 11.5. The van der Waals surface area contributed by atoms with Crippen LogP contribution in [0.3, 0.4) is 0 Å². The van der Waals surface area contributed by atoms with Gasteiger partial charge in [0.05, 0.1) is 15.7 Å². The van der Waals surface area contributed by atoms with Crippen LogP contribution in [0.2, 0.25) is 0 Å². The van der Waals surface area contributed by atoms with Crippen molar-refractivity contribution < 1.29 is 18.7 Å². The molecular weight excluding hydrogens is 457 g/mol. The maximum Gasteiger partial charge on any atom is 0.171 e. The minimum absolute atomic E-state index is 0.232. The predicted octanol–water partition coefficient (Wildman–Crippen LogP) is 5.89. The largest absolute Gasteiger partial charge is 0.493 e. The fourth-order valence-electron chi connectivity index (χ4n) is 2.10. The van der Waals surface area contributed by atoms with Crippen LogP contribution in [0.25, 0.3) is 0 Å². The van der Waals surface area contributed by atoms with E-state index in [0.717, 1.165) is 14.7 Å². The van der Waals surface area contributed by atoms with Gasteiger partial charge in [-0.25, -0.2) is 4.39 Å². The quantitative estimate of drug-likeness (QED) is 0.238. The van der Waals surface area contributed by atoms with Gasteiger partial charge >= 0.3 is 0 Å². The highest BCUT2D eigenvalue weighted by molar-refractivity contribution is 9.28. The van der Waals surface area contributed by atoms with Gasteiger partial charge in [-0.1, -0.05) is 12.1 Å². The second-order valence-electron chi connectivity index (χ2n) is 5.55. The number of halogens is 3. The molecule has 0 bridgehead atoms. The molecule has 0 saturated carbocycles. The summed E-state index contributed by atoms with van der Waals surface area (Å²) in [5, 5.41) is 3.86. The van der Waals surface area contributed by atoms with Crippen molar-refractivity contribution in [2.75, 3.05) is 19.8 Å². The van der Waals surface area contributed by atoms with Gasteiger partial charge in [0.15, 0.2) is 11.6 Å². The van der Waals surface area contributed by atoms with Gasteiger partial charge in [0.2, 0.25) is 0 Å². The third kappa shape index (κ3) is 7.77. The molecule has 4 nitrogen and oxygen atoms in total. The molecule has 0 amide bonds. The van der Waals surface area contributed by atoms with Crippen LogP contribution < -0.4 is 9.47 Å². The van der Waals surface area contributed by atoms with Crippen molar-refractivity contribution in [1.82, 2.24) is 0 Å². The summed E-state index contributed by atoms with van der Waals surface area (Å²) in [7, 11) is 0. The maximum atomic E-state index is 14.7. The van der Waals surface area contributed by atoms with Crippen LogP contribution in [-0.2, 0) is 11.3 Å². The zero-order valence-corrected chi connectivity index (χ0v) is 18.2. The van der Waals surface area contributed by atoms with E-state index in [0.29, 0.717) is 37.4 Å². The van der Waals surface area contributed by atoms with Crippen molar-refractivity contribution >= 4 is 37.6 Å². The van der Waals surface area contributed by atoms with Crippen molar-refractivity contribution in [1.29, 1.82) is 0 Å². The second-order valence-corrected chi connectivity index (χ2v) is 8.32. The number of aryl methyl sites for hydroxylation is 1. The number of hydrogen-bond donors (Lipinski definition) is 0. The summed E-state index contributed by atoms with van der Waals surface area (Å²) in [6.07, 6.45) is 2.95. The first-order chi connectivity index (χ1) is 11.9. The molecule has 0 aromatic heterocycles. The molecule has 7 heteroatoms. The topological polar surface area (TPSA) is 40.0 Å². The summed E-state index contributed by atoms with van der Waals surface area (Å²) in [5.74, 6) is 0.444. The lowest BCUT2D eigenvalue weighted by Gasteiger charge is -2.17. The van der Waals surface area contributed by atoms with Gasteiger partial charge in [-0.3, -0.25) is 0 Å². The Hall–Kier alpha value is -1.08. The molecule has 0 aliphatic heterocycles. The molecule has 0 unspecified atom stereocenters. The minimum atomic E-state index is -0.371. The van der Waals surface area contributed by atoms with Crippen LogP contribution in [0.1, 0.15) is 38.3 Å². The zero-order chi connectivity index (χ0) is 18.8. The first kappa shape index (κ1) is 22.0. The predicted molar refractivity (Wildman–Crippen MR) is 107 cm³/mol. The van der Waals surface area contributed by atoms with Gasteiger partial charge in [-0.05, 0) is 76.8 Å². The van der Waals surface area contributed by atoms with E-state index in [9.17, 15) is 4.39 Å². The highest BCUT2D eigenvalue weighted by Gasteiger charge is 2.17. The Bertz CT molecular complexity index is 625. The summed E-state index contributed by atoms with van der Waals surface area (Å²) in [6, 6.07) is 1.67. The van der Waals surface area contributed by atoms with Gasteiger partial charge in [0, 0.05) is 12.0 Å². The number of nitrogens with zero attached hydrogens (tertiary/aromatic N) is 1. The third-order valence-corrected chi connectivity index (χ3v) is 3.81. The van der Waals surface area contributed by atoms with Crippen LogP contribution in [0.5, 0.6) is 11.5 Å². The summed E-state index contributed by atoms with van der Waals surface area (Å²) in [6.45, 7) is 8.68. The average molecular weight is 481 g/mol. The summed E-state index contributed by atoms with van der Waals surface area (Å²) in [5.41, 5.74) is 2.24. The molecule has 0 aliphatic carbocycles. The lowest BCUT2D eigenvalue weighted by Crippen LogP contribution is -2.07. The van der Waals surface area contributed by atoms with Crippen LogP contribution in [0, 0.1) is 12.7 Å². The van der Waals surface area contributed by atoms with Crippen molar-refractivity contribution in [2.24, 2.45) is 5.16 Å². The van der Waals surface area contributed by atoms with Crippen molar-refractivity contribution in [3.8, 4) is 11.5 Å². The Kier molecular flexibility index (Phi) is 10.1. The molecule has 0 fully saturated rings. The van der Waals surface area contributed by atoms with E-state index in [1.54, 1.807) is 12.1 Å². The Morgan fingerprint density at radius 1 is 1.24 bits per heavy atom.